The summed E-state index contributed by atoms with van der Waals surface area (Å²) in [7, 11) is 0. The molecule has 1 aliphatic rings. The van der Waals surface area contributed by atoms with Crippen LogP contribution < -0.4 is 4.74 Å². The molecule has 0 saturated carbocycles. The third-order valence-corrected chi connectivity index (χ3v) is 2.95. The SMILES string of the molecule is CCCc1c(OCC2CO2)ccc(C(C)=O)c1O. The molecule has 0 amide bonds. The number of phenolic OH excluding ortho intramolecular Hbond substituents is 1. The quantitative estimate of drug-likeness (QED) is 0.622. The first-order valence-electron chi connectivity index (χ1n) is 6.23. The Labute approximate surface area is 107 Å². The first-order valence-corrected chi connectivity index (χ1v) is 6.23. The van der Waals surface area contributed by atoms with Crippen LogP contribution in [0.25, 0.3) is 0 Å². The van der Waals surface area contributed by atoms with Gasteiger partial charge in [0.1, 0.15) is 24.2 Å². The van der Waals surface area contributed by atoms with Crippen LogP contribution in [0.4, 0.5) is 0 Å². The largest absolute Gasteiger partial charge is 0.507 e. The third-order valence-electron chi connectivity index (χ3n) is 2.95. The Balaban J connectivity index is 2.26. The number of phenols is 1. The number of benzene rings is 1. The Morgan fingerprint density at radius 2 is 2.28 bits per heavy atom. The average molecular weight is 250 g/mol. The number of aromatic hydroxyl groups is 1. The second-order valence-corrected chi connectivity index (χ2v) is 4.51. The minimum Gasteiger partial charge on any atom is -0.507 e. The van der Waals surface area contributed by atoms with Crippen molar-refractivity contribution in [3.8, 4) is 11.5 Å². The fourth-order valence-electron chi connectivity index (χ4n) is 1.88. The van der Waals surface area contributed by atoms with Crippen LogP contribution in [0.3, 0.4) is 0 Å². The summed E-state index contributed by atoms with van der Waals surface area (Å²) in [6.45, 7) is 4.70. The maximum absolute atomic E-state index is 11.4. The van der Waals surface area contributed by atoms with Crippen LogP contribution >= 0.6 is 0 Å². The van der Waals surface area contributed by atoms with Crippen molar-refractivity contribution < 1.29 is 19.4 Å². The van der Waals surface area contributed by atoms with Crippen LogP contribution in [-0.2, 0) is 11.2 Å². The van der Waals surface area contributed by atoms with Gasteiger partial charge in [0.05, 0.1) is 12.2 Å². The second-order valence-electron chi connectivity index (χ2n) is 4.51. The van der Waals surface area contributed by atoms with Gasteiger partial charge in [-0.05, 0) is 25.5 Å². The van der Waals surface area contributed by atoms with Crippen molar-refractivity contribution in [2.24, 2.45) is 0 Å². The zero-order chi connectivity index (χ0) is 13.1. The lowest BCUT2D eigenvalue weighted by molar-refractivity contribution is 0.101. The van der Waals surface area contributed by atoms with Gasteiger partial charge in [0.15, 0.2) is 5.78 Å². The number of carbonyl (C=O) groups is 1. The second kappa shape index (κ2) is 5.40. The smallest absolute Gasteiger partial charge is 0.163 e. The molecule has 0 aliphatic carbocycles. The van der Waals surface area contributed by atoms with Gasteiger partial charge < -0.3 is 14.6 Å². The Bertz CT molecular complexity index is 449. The molecule has 2 rings (SSSR count). The lowest BCUT2D eigenvalue weighted by Gasteiger charge is -2.14. The molecule has 1 heterocycles. The van der Waals surface area contributed by atoms with Crippen molar-refractivity contribution in [3.63, 3.8) is 0 Å². The molecule has 0 bridgehead atoms. The molecule has 1 aliphatic heterocycles. The van der Waals surface area contributed by atoms with Crippen LogP contribution in [0.1, 0.15) is 36.2 Å². The van der Waals surface area contributed by atoms with E-state index in [1.54, 1.807) is 12.1 Å². The van der Waals surface area contributed by atoms with E-state index in [1.807, 2.05) is 6.92 Å². The first-order chi connectivity index (χ1) is 8.63. The van der Waals surface area contributed by atoms with Crippen molar-refractivity contribution in [1.82, 2.24) is 0 Å². The molecule has 1 N–H and O–H groups in total. The summed E-state index contributed by atoms with van der Waals surface area (Å²) < 4.78 is 10.7. The van der Waals surface area contributed by atoms with E-state index in [2.05, 4.69) is 0 Å². The van der Waals surface area contributed by atoms with E-state index in [0.717, 1.165) is 13.0 Å². The molecule has 1 unspecified atom stereocenters. The monoisotopic (exact) mass is 250 g/mol. The number of epoxide rings is 1. The van der Waals surface area contributed by atoms with Crippen molar-refractivity contribution in [3.05, 3.63) is 23.3 Å². The summed E-state index contributed by atoms with van der Waals surface area (Å²) in [5.41, 5.74) is 1.07. The van der Waals surface area contributed by atoms with Crippen LogP contribution in [-0.4, -0.2) is 30.2 Å². The number of carbonyl (C=O) groups excluding carboxylic acids is 1. The lowest BCUT2D eigenvalue weighted by Crippen LogP contribution is -2.07. The number of hydrogen-bond acceptors (Lipinski definition) is 4. The Morgan fingerprint density at radius 3 is 2.83 bits per heavy atom. The standard InChI is InChI=1S/C14H18O4/c1-3-4-12-13(18-8-10-7-17-10)6-5-11(9(2)15)14(12)16/h5-6,10,16H,3-4,7-8H2,1-2H3. The van der Waals surface area contributed by atoms with Gasteiger partial charge in [-0.3, -0.25) is 4.79 Å². The molecular weight excluding hydrogens is 232 g/mol. The molecule has 4 nitrogen and oxygen atoms in total. The van der Waals surface area contributed by atoms with E-state index in [0.29, 0.717) is 29.9 Å². The van der Waals surface area contributed by atoms with Gasteiger partial charge in [-0.1, -0.05) is 13.3 Å². The molecule has 98 valence electrons. The van der Waals surface area contributed by atoms with Gasteiger partial charge in [-0.2, -0.15) is 0 Å². The highest BCUT2D eigenvalue weighted by Gasteiger charge is 2.24. The zero-order valence-electron chi connectivity index (χ0n) is 10.7. The van der Waals surface area contributed by atoms with E-state index < -0.39 is 0 Å². The third kappa shape index (κ3) is 2.82. The molecular formula is C14H18O4. The molecule has 0 aromatic heterocycles. The zero-order valence-corrected chi connectivity index (χ0v) is 10.7. The topological polar surface area (TPSA) is 59.1 Å². The predicted molar refractivity (Wildman–Crippen MR) is 67.3 cm³/mol. The lowest BCUT2D eigenvalue weighted by atomic mass is 10.0. The van der Waals surface area contributed by atoms with Crippen molar-refractivity contribution in [1.29, 1.82) is 0 Å². The number of ether oxygens (including phenoxy) is 2. The highest BCUT2D eigenvalue weighted by atomic mass is 16.6. The molecule has 18 heavy (non-hydrogen) atoms. The number of Topliss-reactive ketones (excluding diaryl/α,β-unsaturated/α-hetero) is 1. The van der Waals surface area contributed by atoms with Crippen LogP contribution in [0.2, 0.25) is 0 Å². The average Bonchev–Trinajstić information content (AvgIpc) is 3.13. The highest BCUT2D eigenvalue weighted by molar-refractivity contribution is 5.97. The van der Waals surface area contributed by atoms with Crippen LogP contribution in [0.5, 0.6) is 11.5 Å². The van der Waals surface area contributed by atoms with Crippen LogP contribution in [0.15, 0.2) is 12.1 Å². The minimum atomic E-state index is -0.137. The predicted octanol–water partition coefficient (Wildman–Crippen LogP) is 2.32. The Hall–Kier alpha value is -1.55. The van der Waals surface area contributed by atoms with E-state index in [1.165, 1.54) is 6.92 Å². The van der Waals surface area contributed by atoms with Crippen LogP contribution in [0, 0.1) is 0 Å². The minimum absolute atomic E-state index is 0.0542. The van der Waals surface area contributed by atoms with Gasteiger partial charge in [0, 0.05) is 5.56 Å². The summed E-state index contributed by atoms with van der Waals surface area (Å²) in [5, 5.41) is 10.1. The summed E-state index contributed by atoms with van der Waals surface area (Å²) in [6.07, 6.45) is 1.74. The summed E-state index contributed by atoms with van der Waals surface area (Å²) >= 11 is 0. The van der Waals surface area contributed by atoms with Crippen molar-refractivity contribution in [2.75, 3.05) is 13.2 Å². The molecule has 0 spiro atoms. The summed E-state index contributed by atoms with van der Waals surface area (Å²) in [4.78, 5) is 11.4. The van der Waals surface area contributed by atoms with E-state index in [-0.39, 0.29) is 17.6 Å². The van der Waals surface area contributed by atoms with Gasteiger partial charge in [-0.15, -0.1) is 0 Å². The maximum atomic E-state index is 11.4. The molecule has 1 atom stereocenters. The Kier molecular flexibility index (Phi) is 3.87. The van der Waals surface area contributed by atoms with E-state index in [4.69, 9.17) is 9.47 Å². The number of rotatable bonds is 6. The summed E-state index contributed by atoms with van der Waals surface area (Å²) in [6, 6.07) is 3.36. The highest BCUT2D eigenvalue weighted by Crippen LogP contribution is 2.33. The molecule has 1 aromatic rings. The molecule has 0 radical (unpaired) electrons. The van der Waals surface area contributed by atoms with E-state index in [9.17, 15) is 9.90 Å². The van der Waals surface area contributed by atoms with Crippen molar-refractivity contribution in [2.45, 2.75) is 32.8 Å². The van der Waals surface area contributed by atoms with Crippen molar-refractivity contribution >= 4 is 5.78 Å². The van der Waals surface area contributed by atoms with Gasteiger partial charge >= 0.3 is 0 Å². The van der Waals surface area contributed by atoms with E-state index >= 15 is 0 Å². The van der Waals surface area contributed by atoms with Gasteiger partial charge in [-0.25, -0.2) is 0 Å². The number of ketones is 1. The molecule has 1 aromatic carbocycles. The van der Waals surface area contributed by atoms with Gasteiger partial charge in [0.25, 0.3) is 0 Å². The Morgan fingerprint density at radius 1 is 1.56 bits per heavy atom. The molecule has 1 saturated heterocycles. The fraction of sp³-hybridized carbons (Fsp3) is 0.500. The van der Waals surface area contributed by atoms with Gasteiger partial charge in [0.2, 0.25) is 0 Å². The summed E-state index contributed by atoms with van der Waals surface area (Å²) in [5.74, 6) is 0.565. The molecule has 4 heteroatoms. The normalized spacial score (nSPS) is 17.6. The maximum Gasteiger partial charge on any atom is 0.163 e. The number of hydrogen-bond donors (Lipinski definition) is 1. The molecule has 1 fully saturated rings. The fourth-order valence-corrected chi connectivity index (χ4v) is 1.88. The first kappa shape index (κ1) is 12.9.